The van der Waals surface area contributed by atoms with Gasteiger partial charge in [0.2, 0.25) is 9.47 Å². The van der Waals surface area contributed by atoms with Gasteiger partial charge in [-0.05, 0) is 35.9 Å². The van der Waals surface area contributed by atoms with Crippen molar-refractivity contribution in [1.82, 2.24) is 14.9 Å². The molecule has 9 nitrogen and oxygen atoms in total. The summed E-state index contributed by atoms with van der Waals surface area (Å²) in [5.74, 6) is -0.551. The summed E-state index contributed by atoms with van der Waals surface area (Å²) < 4.78 is 32.8. The Kier molecular flexibility index (Phi) is 7.47. The number of anilines is 2. The zero-order valence-corrected chi connectivity index (χ0v) is 20.3. The number of rotatable bonds is 7. The predicted octanol–water partition coefficient (Wildman–Crippen LogP) is 3.41. The Bertz CT molecular complexity index is 1250. The van der Waals surface area contributed by atoms with Crippen LogP contribution in [-0.2, 0) is 21.3 Å². The largest absolute Gasteiger partial charge is 0.378 e. The van der Waals surface area contributed by atoms with Gasteiger partial charge in [0.15, 0.2) is 0 Å². The van der Waals surface area contributed by atoms with E-state index in [-0.39, 0.29) is 26.6 Å². The fraction of sp³-hybridized carbons (Fsp3) is 0.250. The minimum atomic E-state index is -3.91. The van der Waals surface area contributed by atoms with E-state index in [4.69, 9.17) is 27.9 Å². The maximum atomic E-state index is 12.6. The molecule has 0 bridgehead atoms. The number of carbonyl (C=O) groups is 1. The van der Waals surface area contributed by atoms with Crippen LogP contribution in [0, 0.1) is 0 Å². The van der Waals surface area contributed by atoms with Gasteiger partial charge in [0.25, 0.3) is 15.9 Å². The van der Waals surface area contributed by atoms with E-state index < -0.39 is 15.9 Å². The van der Waals surface area contributed by atoms with E-state index in [0.29, 0.717) is 18.2 Å². The molecule has 0 spiro atoms. The molecule has 2 N–H and O–H groups in total. The molecule has 0 aliphatic carbocycles. The van der Waals surface area contributed by atoms with E-state index in [0.717, 1.165) is 35.7 Å². The monoisotopic (exact) mass is 527 g/mol. The first-order valence-corrected chi connectivity index (χ1v) is 12.9. The topological polar surface area (TPSA) is 114 Å². The van der Waals surface area contributed by atoms with E-state index in [2.05, 4.69) is 25.1 Å². The molecule has 174 valence electrons. The van der Waals surface area contributed by atoms with Crippen molar-refractivity contribution in [1.29, 1.82) is 0 Å². The molecule has 3 aromatic rings. The summed E-state index contributed by atoms with van der Waals surface area (Å²) in [6.07, 6.45) is 0. The van der Waals surface area contributed by atoms with E-state index in [1.165, 1.54) is 18.2 Å². The number of halogens is 2. The molecule has 1 fully saturated rings. The molecule has 1 aliphatic heterocycles. The van der Waals surface area contributed by atoms with Crippen molar-refractivity contribution in [2.75, 3.05) is 36.5 Å². The summed E-state index contributed by atoms with van der Waals surface area (Å²) in [6.45, 7) is 3.13. The summed E-state index contributed by atoms with van der Waals surface area (Å²) in [5.41, 5.74) is 2.04. The van der Waals surface area contributed by atoms with Crippen molar-refractivity contribution in [3.8, 4) is 0 Å². The molecule has 4 rings (SSSR count). The third kappa shape index (κ3) is 5.99. The van der Waals surface area contributed by atoms with Gasteiger partial charge in [-0.1, -0.05) is 46.7 Å². The zero-order valence-electron chi connectivity index (χ0n) is 17.1. The first kappa shape index (κ1) is 23.9. The van der Waals surface area contributed by atoms with Crippen LogP contribution >= 0.6 is 34.5 Å². The van der Waals surface area contributed by atoms with Crippen LogP contribution in [0.25, 0.3) is 0 Å². The Balaban J connectivity index is 1.36. The van der Waals surface area contributed by atoms with Crippen LogP contribution in [-0.4, -0.2) is 50.8 Å². The number of aromatic nitrogens is 2. The number of benzene rings is 2. The molecule has 0 saturated carbocycles. The standard InChI is InChI=1S/C20H19Cl2N5O4S2/c21-14-3-6-16(17(22)11-14)18(28)24-19-25-26-20(32-19)33(29,30)23-12-13-1-4-15(5-2-13)27-7-9-31-10-8-27/h1-6,11,23H,7-10,12H2,(H,24,25,28). The lowest BCUT2D eigenvalue weighted by Gasteiger charge is -2.28. The molecule has 0 atom stereocenters. The van der Waals surface area contributed by atoms with Gasteiger partial charge in [-0.25, -0.2) is 13.1 Å². The number of nitrogens with one attached hydrogen (secondary N) is 2. The van der Waals surface area contributed by atoms with Gasteiger partial charge in [-0.3, -0.25) is 10.1 Å². The Labute approximate surface area is 204 Å². The third-order valence-electron chi connectivity index (χ3n) is 4.81. The van der Waals surface area contributed by atoms with Gasteiger partial charge in [-0.2, -0.15) is 0 Å². The fourth-order valence-corrected chi connectivity index (χ4v) is 5.54. The van der Waals surface area contributed by atoms with Gasteiger partial charge in [0, 0.05) is 30.3 Å². The molecule has 1 aliphatic rings. The molecule has 2 aromatic carbocycles. The van der Waals surface area contributed by atoms with Crippen LogP contribution in [0.15, 0.2) is 46.8 Å². The second-order valence-corrected chi connectivity index (χ2v) is 10.8. The van der Waals surface area contributed by atoms with Crippen LogP contribution in [0.4, 0.5) is 10.8 Å². The average Bonchev–Trinajstić information content (AvgIpc) is 3.28. The van der Waals surface area contributed by atoms with Gasteiger partial charge in [0.05, 0.1) is 23.8 Å². The number of amides is 1. The Morgan fingerprint density at radius 1 is 1.09 bits per heavy atom. The summed E-state index contributed by atoms with van der Waals surface area (Å²) in [7, 11) is -3.91. The summed E-state index contributed by atoms with van der Waals surface area (Å²) in [6, 6.07) is 12.1. The van der Waals surface area contributed by atoms with Crippen molar-refractivity contribution in [3.63, 3.8) is 0 Å². The number of hydrogen-bond acceptors (Lipinski definition) is 8. The van der Waals surface area contributed by atoms with E-state index in [1.54, 1.807) is 0 Å². The minimum absolute atomic E-state index is 0.0289. The molecular weight excluding hydrogens is 509 g/mol. The first-order chi connectivity index (χ1) is 15.8. The number of sulfonamides is 1. The van der Waals surface area contributed by atoms with Gasteiger partial charge < -0.3 is 9.64 Å². The van der Waals surface area contributed by atoms with Crippen molar-refractivity contribution < 1.29 is 17.9 Å². The number of carbonyl (C=O) groups excluding carboxylic acids is 1. The molecule has 0 radical (unpaired) electrons. The number of nitrogens with zero attached hydrogens (tertiary/aromatic N) is 3. The minimum Gasteiger partial charge on any atom is -0.378 e. The van der Waals surface area contributed by atoms with Crippen LogP contribution in [0.3, 0.4) is 0 Å². The fourth-order valence-electron chi connectivity index (χ4n) is 3.09. The number of morpholine rings is 1. The van der Waals surface area contributed by atoms with Crippen molar-refractivity contribution >= 4 is 61.3 Å². The molecule has 13 heteroatoms. The lowest BCUT2D eigenvalue weighted by molar-refractivity contribution is 0.102. The first-order valence-electron chi connectivity index (χ1n) is 9.83. The molecule has 1 amide bonds. The molecule has 2 heterocycles. The second kappa shape index (κ2) is 10.3. The average molecular weight is 528 g/mol. The van der Waals surface area contributed by atoms with Crippen molar-refractivity contribution in [3.05, 3.63) is 63.6 Å². The lowest BCUT2D eigenvalue weighted by atomic mass is 10.2. The molecular formula is C20H19Cl2N5O4S2. The molecule has 1 aromatic heterocycles. The smallest absolute Gasteiger partial charge is 0.270 e. The maximum Gasteiger partial charge on any atom is 0.270 e. The molecule has 1 saturated heterocycles. The second-order valence-electron chi connectivity index (χ2n) is 7.04. The highest BCUT2D eigenvalue weighted by Gasteiger charge is 2.22. The van der Waals surface area contributed by atoms with E-state index in [9.17, 15) is 13.2 Å². The van der Waals surface area contributed by atoms with E-state index >= 15 is 0 Å². The van der Waals surface area contributed by atoms with Gasteiger partial charge in [-0.15, -0.1) is 10.2 Å². The van der Waals surface area contributed by atoms with Crippen molar-refractivity contribution in [2.45, 2.75) is 10.9 Å². The van der Waals surface area contributed by atoms with Gasteiger partial charge in [0.1, 0.15) is 0 Å². The quantitative estimate of drug-likeness (QED) is 0.452. The number of hydrogen-bond donors (Lipinski definition) is 2. The highest BCUT2D eigenvalue weighted by atomic mass is 35.5. The summed E-state index contributed by atoms with van der Waals surface area (Å²) in [5, 5.41) is 10.5. The summed E-state index contributed by atoms with van der Waals surface area (Å²) >= 11 is 12.6. The molecule has 0 unspecified atom stereocenters. The molecule has 33 heavy (non-hydrogen) atoms. The van der Waals surface area contributed by atoms with Crippen LogP contribution in [0.2, 0.25) is 10.0 Å². The van der Waals surface area contributed by atoms with Crippen molar-refractivity contribution in [2.24, 2.45) is 0 Å². The highest BCUT2D eigenvalue weighted by Crippen LogP contribution is 2.24. The number of ether oxygens (including phenoxy) is 1. The normalized spacial score (nSPS) is 14.3. The van der Waals surface area contributed by atoms with Crippen LogP contribution < -0.4 is 14.9 Å². The van der Waals surface area contributed by atoms with Crippen LogP contribution in [0.1, 0.15) is 15.9 Å². The Morgan fingerprint density at radius 2 is 1.82 bits per heavy atom. The predicted molar refractivity (Wildman–Crippen MR) is 128 cm³/mol. The van der Waals surface area contributed by atoms with Crippen LogP contribution in [0.5, 0.6) is 0 Å². The summed E-state index contributed by atoms with van der Waals surface area (Å²) in [4.78, 5) is 14.6. The lowest BCUT2D eigenvalue weighted by Crippen LogP contribution is -2.36. The Hall–Kier alpha value is -2.28. The highest BCUT2D eigenvalue weighted by molar-refractivity contribution is 7.91. The van der Waals surface area contributed by atoms with E-state index in [1.807, 2.05) is 24.3 Å². The maximum absolute atomic E-state index is 12.6. The zero-order chi connectivity index (χ0) is 23.4. The SMILES string of the molecule is O=C(Nc1nnc(S(=O)(=O)NCc2ccc(N3CCOCC3)cc2)s1)c1ccc(Cl)cc1Cl. The Morgan fingerprint density at radius 3 is 2.52 bits per heavy atom. The van der Waals surface area contributed by atoms with Gasteiger partial charge >= 0.3 is 0 Å². The third-order valence-corrected chi connectivity index (χ3v) is 7.97.